The molecule has 0 fully saturated rings. The molecule has 0 saturated carbocycles. The second-order valence-electron chi connectivity index (χ2n) is 8.76. The maximum absolute atomic E-state index is 13.0. The Kier molecular flexibility index (Phi) is 9.40. The Bertz CT molecular complexity index is 1600. The van der Waals surface area contributed by atoms with E-state index in [0.29, 0.717) is 21.5 Å². The van der Waals surface area contributed by atoms with Crippen LogP contribution in [0.4, 0.5) is 0 Å². The number of fused-ring (bicyclic) bond motifs is 2. The third-order valence-corrected chi connectivity index (χ3v) is 9.22. The van der Waals surface area contributed by atoms with Crippen LogP contribution in [0.5, 0.6) is 0 Å². The first kappa shape index (κ1) is 30.3. The highest BCUT2D eigenvalue weighted by atomic mass is 32.2. The van der Waals surface area contributed by atoms with E-state index in [9.17, 15) is 31.6 Å². The lowest BCUT2D eigenvalue weighted by atomic mass is 10.1. The van der Waals surface area contributed by atoms with Gasteiger partial charge in [0.05, 0.1) is 0 Å². The lowest BCUT2D eigenvalue weighted by molar-refractivity contribution is -0.106. The molecule has 0 aliphatic heterocycles. The minimum Gasteiger partial charge on any atom is -0.388 e. The largest absolute Gasteiger partial charge is 0.388 e. The summed E-state index contributed by atoms with van der Waals surface area (Å²) in [7, 11) is -12.9. The summed E-state index contributed by atoms with van der Waals surface area (Å²) in [6.07, 6.45) is -7.24. The molecular formula is C26H27O11PS2. The van der Waals surface area contributed by atoms with Crippen LogP contribution in [0.25, 0.3) is 21.5 Å². The van der Waals surface area contributed by atoms with E-state index in [2.05, 4.69) is 0 Å². The van der Waals surface area contributed by atoms with Crippen molar-refractivity contribution in [1.82, 2.24) is 0 Å². The fraction of sp³-hybridized carbons (Fsp3) is 0.231. The summed E-state index contributed by atoms with van der Waals surface area (Å²) in [5.41, 5.74) is 0. The molecule has 4 rings (SSSR count). The quantitative estimate of drug-likeness (QED) is 0.136. The lowest BCUT2D eigenvalue weighted by Gasteiger charge is -2.23. The number of aliphatic hydroxyl groups excluding tert-OH is 2. The summed E-state index contributed by atoms with van der Waals surface area (Å²) < 4.78 is 85.0. The van der Waals surface area contributed by atoms with Gasteiger partial charge >= 0.3 is 8.25 Å². The Balaban J connectivity index is 1.51. The molecule has 0 aromatic heterocycles. The van der Waals surface area contributed by atoms with Gasteiger partial charge in [-0.2, -0.15) is 16.8 Å². The first-order valence-electron chi connectivity index (χ1n) is 11.9. The highest BCUT2D eigenvalue weighted by molar-refractivity contribution is 7.87. The molecular weight excluding hydrogens is 583 g/mol. The van der Waals surface area contributed by atoms with Crippen molar-refractivity contribution >= 4 is 50.0 Å². The van der Waals surface area contributed by atoms with Gasteiger partial charge < -0.3 is 10.2 Å². The van der Waals surface area contributed by atoms with E-state index in [1.165, 1.54) is 24.3 Å². The maximum Gasteiger partial charge on any atom is 0.324 e. The first-order valence-corrected chi connectivity index (χ1v) is 16.0. The molecule has 2 N–H and O–H groups in total. The van der Waals surface area contributed by atoms with E-state index in [0.717, 1.165) is 13.8 Å². The van der Waals surface area contributed by atoms with Gasteiger partial charge in [-0.3, -0.25) is 13.6 Å². The second-order valence-corrected chi connectivity index (χ2v) is 12.8. The monoisotopic (exact) mass is 610 g/mol. The van der Waals surface area contributed by atoms with Crippen LogP contribution in [0.15, 0.2) is 94.7 Å². The van der Waals surface area contributed by atoms with Crippen LogP contribution in [-0.4, -0.2) is 51.8 Å². The van der Waals surface area contributed by atoms with Crippen LogP contribution in [0.2, 0.25) is 0 Å². The Labute approximate surface area is 232 Å². The van der Waals surface area contributed by atoms with Crippen LogP contribution in [0.3, 0.4) is 0 Å². The Morgan fingerprint density at radius 2 is 0.950 bits per heavy atom. The van der Waals surface area contributed by atoms with E-state index in [4.69, 9.17) is 17.4 Å². The molecule has 4 aromatic rings. The van der Waals surface area contributed by atoms with Gasteiger partial charge in [0.1, 0.15) is 22.0 Å². The predicted octanol–water partition coefficient (Wildman–Crippen LogP) is 3.94. The highest BCUT2D eigenvalue weighted by Gasteiger charge is 2.33. The van der Waals surface area contributed by atoms with Crippen molar-refractivity contribution in [2.45, 2.75) is 48.4 Å². The van der Waals surface area contributed by atoms with E-state index < -0.39 is 53.3 Å². The summed E-state index contributed by atoms with van der Waals surface area (Å²) in [5, 5.41) is 22.1. The van der Waals surface area contributed by atoms with Crippen molar-refractivity contribution < 1.29 is 49.0 Å². The molecule has 14 heteroatoms. The molecule has 4 aromatic carbocycles. The average Bonchev–Trinajstić information content (AvgIpc) is 2.91. The van der Waals surface area contributed by atoms with Gasteiger partial charge in [-0.05, 0) is 36.8 Å². The molecule has 0 amide bonds. The van der Waals surface area contributed by atoms with Crippen LogP contribution in [-0.2, 0) is 42.2 Å². The summed E-state index contributed by atoms with van der Waals surface area (Å²) in [6, 6.07) is 22.3. The van der Waals surface area contributed by atoms with E-state index >= 15 is 0 Å². The lowest BCUT2D eigenvalue weighted by Crippen LogP contribution is -2.33. The fourth-order valence-electron chi connectivity index (χ4n) is 3.80. The van der Waals surface area contributed by atoms with E-state index in [-0.39, 0.29) is 9.79 Å². The zero-order valence-corrected chi connectivity index (χ0v) is 23.9. The summed E-state index contributed by atoms with van der Waals surface area (Å²) >= 11 is 0. The van der Waals surface area contributed by atoms with Gasteiger partial charge in [-0.1, -0.05) is 72.8 Å². The highest BCUT2D eigenvalue weighted by Crippen LogP contribution is 2.35. The normalized spacial score (nSPS) is 15.7. The van der Waals surface area contributed by atoms with Gasteiger partial charge in [-0.25, -0.2) is 8.37 Å². The van der Waals surface area contributed by atoms with Crippen LogP contribution in [0, 0.1) is 0 Å². The van der Waals surface area contributed by atoms with Crippen molar-refractivity contribution in [3.63, 3.8) is 0 Å². The first-order chi connectivity index (χ1) is 18.9. The smallest absolute Gasteiger partial charge is 0.324 e. The van der Waals surface area contributed by atoms with Crippen molar-refractivity contribution in [1.29, 1.82) is 0 Å². The van der Waals surface area contributed by atoms with E-state index in [1.807, 2.05) is 0 Å². The summed E-state index contributed by atoms with van der Waals surface area (Å²) in [4.78, 5) is -0.432. The molecule has 0 unspecified atom stereocenters. The molecule has 4 atom stereocenters. The molecule has 0 bridgehead atoms. The Morgan fingerprint density at radius 3 is 1.32 bits per heavy atom. The molecule has 11 nitrogen and oxygen atoms in total. The Hall–Kier alpha value is -2.71. The summed E-state index contributed by atoms with van der Waals surface area (Å²) in [6.45, 7) is 2.26. The van der Waals surface area contributed by atoms with Crippen molar-refractivity contribution in [2.75, 3.05) is 0 Å². The standard InChI is InChI=1S/C26H27O11PS2/c1-17(27)25(36-39(30,31)23-15-7-11-19-9-3-5-13-21(19)23)34-38(29)35-26(18(2)28)37-40(32,33)24-16-8-12-20-10-4-6-14-22(20)24/h3-18,25-28,38H,1-2H3/t17-,18-,25-,26-/m0/s1. The molecule has 0 spiro atoms. The molecule has 0 aliphatic rings. The van der Waals surface area contributed by atoms with Crippen LogP contribution in [0.1, 0.15) is 13.8 Å². The number of rotatable bonds is 12. The number of hydrogen-bond donors (Lipinski definition) is 2. The predicted molar refractivity (Wildman–Crippen MR) is 147 cm³/mol. The third kappa shape index (κ3) is 6.95. The van der Waals surface area contributed by atoms with Crippen molar-refractivity contribution in [3.05, 3.63) is 84.9 Å². The zero-order chi connectivity index (χ0) is 29.1. The SMILES string of the molecule is C[C@H](O)[C@@H](O[PH](=O)O[C@@H](OS(=O)(=O)c1cccc2ccccc12)[C@H](C)O)OS(=O)(=O)c1cccc2ccccc12. The van der Waals surface area contributed by atoms with Crippen molar-refractivity contribution in [3.8, 4) is 0 Å². The fourth-order valence-corrected chi connectivity index (χ4v) is 7.37. The topological polar surface area (TPSA) is 163 Å². The van der Waals surface area contributed by atoms with Crippen LogP contribution >= 0.6 is 8.25 Å². The zero-order valence-electron chi connectivity index (χ0n) is 21.3. The molecule has 214 valence electrons. The number of hydrogen-bond acceptors (Lipinski definition) is 11. The molecule has 0 saturated heterocycles. The minimum absolute atomic E-state index is 0.216. The molecule has 0 aliphatic carbocycles. The van der Waals surface area contributed by atoms with Gasteiger partial charge in [0.2, 0.25) is 12.6 Å². The van der Waals surface area contributed by atoms with Crippen LogP contribution < -0.4 is 0 Å². The Morgan fingerprint density at radius 1 is 0.600 bits per heavy atom. The number of aliphatic hydroxyl groups is 2. The van der Waals surface area contributed by atoms with Gasteiger partial charge in [-0.15, -0.1) is 0 Å². The van der Waals surface area contributed by atoms with E-state index in [1.54, 1.807) is 60.7 Å². The third-order valence-electron chi connectivity index (χ3n) is 5.69. The van der Waals surface area contributed by atoms with Crippen molar-refractivity contribution in [2.24, 2.45) is 0 Å². The molecule has 0 radical (unpaired) electrons. The number of benzene rings is 4. The second kappa shape index (κ2) is 12.4. The van der Waals surface area contributed by atoms with Gasteiger partial charge in [0.25, 0.3) is 20.2 Å². The van der Waals surface area contributed by atoms with Gasteiger partial charge in [0.15, 0.2) is 0 Å². The minimum atomic E-state index is -4.55. The molecule has 40 heavy (non-hydrogen) atoms. The molecule has 0 heterocycles. The van der Waals surface area contributed by atoms with Gasteiger partial charge in [0, 0.05) is 10.8 Å². The summed E-state index contributed by atoms with van der Waals surface area (Å²) in [5.74, 6) is 0. The average molecular weight is 611 g/mol. The maximum atomic E-state index is 13.0.